The number of carboxylic acids is 1. The van der Waals surface area contributed by atoms with Crippen LogP contribution in [0.3, 0.4) is 0 Å². The molecule has 0 bridgehead atoms. The Bertz CT molecular complexity index is 887. The smallest absolute Gasteiger partial charge is 0.416 e. The first-order chi connectivity index (χ1) is 12.8. The predicted molar refractivity (Wildman–Crippen MR) is 103 cm³/mol. The lowest BCUT2D eigenvalue weighted by atomic mass is 9.87. The molecule has 2 aromatic carbocycles. The number of nitrogens with zero attached hydrogens (tertiary/aromatic N) is 1. The van der Waals surface area contributed by atoms with Gasteiger partial charge in [0, 0.05) is 10.2 Å². The Morgan fingerprint density at radius 2 is 1.57 bits per heavy atom. The number of aliphatic carboxylic acids is 1. The van der Waals surface area contributed by atoms with Crippen molar-refractivity contribution < 1.29 is 27.9 Å². The molecule has 0 radical (unpaired) electrons. The van der Waals surface area contributed by atoms with Gasteiger partial charge in [0.2, 0.25) is 0 Å². The molecule has 0 spiro atoms. The monoisotopic (exact) mass is 457 g/mol. The Labute approximate surface area is 169 Å². The van der Waals surface area contributed by atoms with Crippen LogP contribution in [-0.4, -0.2) is 17.0 Å². The fourth-order valence-corrected chi connectivity index (χ4v) is 3.06. The number of alkyl halides is 3. The van der Waals surface area contributed by atoms with Gasteiger partial charge in [-0.2, -0.15) is 13.2 Å². The summed E-state index contributed by atoms with van der Waals surface area (Å²) in [5, 5.41) is 9.12. The summed E-state index contributed by atoms with van der Waals surface area (Å²) in [6.07, 6.45) is -4.63. The number of carbonyl (C=O) groups is 2. The van der Waals surface area contributed by atoms with Gasteiger partial charge in [-0.1, -0.05) is 61.0 Å². The molecule has 0 unspecified atom stereocenters. The van der Waals surface area contributed by atoms with Crippen molar-refractivity contribution >= 4 is 33.5 Å². The molecule has 0 atom stereocenters. The van der Waals surface area contributed by atoms with E-state index < -0.39 is 23.6 Å². The van der Waals surface area contributed by atoms with Crippen LogP contribution in [0.5, 0.6) is 0 Å². The maximum absolute atomic E-state index is 13.1. The van der Waals surface area contributed by atoms with Crippen LogP contribution in [0.2, 0.25) is 0 Å². The van der Waals surface area contributed by atoms with Crippen LogP contribution < -0.4 is 4.90 Å². The number of halogens is 4. The van der Waals surface area contributed by atoms with Crippen molar-refractivity contribution in [3.8, 4) is 0 Å². The molecule has 8 heteroatoms. The summed E-state index contributed by atoms with van der Waals surface area (Å²) in [4.78, 5) is 24.2. The van der Waals surface area contributed by atoms with Gasteiger partial charge in [-0.3, -0.25) is 9.69 Å². The summed E-state index contributed by atoms with van der Waals surface area (Å²) in [6.45, 7) is 5.91. The molecule has 1 amide bonds. The number of hydrogen-bond acceptors (Lipinski definition) is 2. The zero-order valence-corrected chi connectivity index (χ0v) is 17.1. The molecule has 0 aliphatic carbocycles. The molecule has 1 N–H and O–H groups in total. The second kappa shape index (κ2) is 7.95. The van der Waals surface area contributed by atoms with Crippen molar-refractivity contribution in [3.63, 3.8) is 0 Å². The topological polar surface area (TPSA) is 57.6 Å². The van der Waals surface area contributed by atoms with Gasteiger partial charge in [0.25, 0.3) is 0 Å². The summed E-state index contributed by atoms with van der Waals surface area (Å²) in [6, 6.07) is 10.1. The zero-order valence-electron chi connectivity index (χ0n) is 15.5. The van der Waals surface area contributed by atoms with Gasteiger partial charge in [0.1, 0.15) is 0 Å². The molecule has 2 rings (SSSR count). The van der Waals surface area contributed by atoms with E-state index >= 15 is 0 Å². The highest BCUT2D eigenvalue weighted by molar-refractivity contribution is 9.10. The van der Waals surface area contributed by atoms with Crippen molar-refractivity contribution in [2.24, 2.45) is 0 Å². The molecule has 0 aromatic heterocycles. The first kappa shape index (κ1) is 21.9. The van der Waals surface area contributed by atoms with Crippen molar-refractivity contribution in [1.82, 2.24) is 0 Å². The lowest BCUT2D eigenvalue weighted by molar-refractivity contribution is -0.148. The minimum absolute atomic E-state index is 0.0867. The van der Waals surface area contributed by atoms with E-state index in [-0.39, 0.29) is 22.1 Å². The van der Waals surface area contributed by atoms with Gasteiger partial charge in [-0.05, 0) is 34.7 Å². The van der Waals surface area contributed by atoms with Gasteiger partial charge in [-0.25, -0.2) is 4.79 Å². The average molecular weight is 458 g/mol. The van der Waals surface area contributed by atoms with Gasteiger partial charge in [-0.15, -0.1) is 0 Å². The summed E-state index contributed by atoms with van der Waals surface area (Å²) >= 11 is 2.99. The van der Waals surface area contributed by atoms with E-state index in [1.807, 2.05) is 32.9 Å². The fraction of sp³-hybridized carbons (Fsp3) is 0.300. The SMILES string of the molecule is CC(C)(C)c1ccc(CN(C(=O)C(=O)O)c2cc(Br)cc(C(F)(F)F)c2)cc1. The Balaban J connectivity index is 2.46. The number of carbonyl (C=O) groups excluding carboxylic acids is 1. The maximum atomic E-state index is 13.1. The average Bonchev–Trinajstić information content (AvgIpc) is 2.57. The number of carboxylic acid groups (broad SMARTS) is 1. The molecule has 4 nitrogen and oxygen atoms in total. The first-order valence-corrected chi connectivity index (χ1v) is 9.10. The Morgan fingerprint density at radius 1 is 1.00 bits per heavy atom. The number of amides is 1. The van der Waals surface area contributed by atoms with Gasteiger partial charge < -0.3 is 5.11 Å². The van der Waals surface area contributed by atoms with E-state index in [0.717, 1.165) is 22.6 Å². The van der Waals surface area contributed by atoms with E-state index in [4.69, 9.17) is 5.11 Å². The molecule has 0 fully saturated rings. The summed E-state index contributed by atoms with van der Waals surface area (Å²) in [5.74, 6) is -3.06. The summed E-state index contributed by atoms with van der Waals surface area (Å²) in [7, 11) is 0. The standard InChI is InChI=1S/C20H19BrF3NO3/c1-19(2,3)13-6-4-12(5-7-13)11-25(17(26)18(27)28)16-9-14(20(22,23)24)8-15(21)10-16/h4-10H,11H2,1-3H3,(H,27,28). The van der Waals surface area contributed by atoms with Gasteiger partial charge in [0.05, 0.1) is 12.1 Å². The second-order valence-corrected chi connectivity index (χ2v) is 8.25. The zero-order chi connectivity index (χ0) is 21.3. The van der Waals surface area contributed by atoms with Crippen molar-refractivity contribution in [2.75, 3.05) is 4.90 Å². The van der Waals surface area contributed by atoms with Crippen LogP contribution >= 0.6 is 15.9 Å². The van der Waals surface area contributed by atoms with E-state index in [1.54, 1.807) is 12.1 Å². The van der Waals surface area contributed by atoms with Crippen LogP contribution in [0, 0.1) is 0 Å². The predicted octanol–water partition coefficient (Wildman–Crippen LogP) is 5.38. The molecule has 150 valence electrons. The molecule has 0 aliphatic rings. The molecule has 0 saturated heterocycles. The molecule has 2 aromatic rings. The molecule has 0 saturated carbocycles. The Kier molecular flexibility index (Phi) is 6.23. The lowest BCUT2D eigenvalue weighted by Crippen LogP contribution is -2.36. The van der Waals surface area contributed by atoms with E-state index in [0.29, 0.717) is 5.56 Å². The molecule has 0 heterocycles. The van der Waals surface area contributed by atoms with Crippen LogP contribution in [-0.2, 0) is 27.7 Å². The van der Waals surface area contributed by atoms with Crippen molar-refractivity contribution in [3.05, 3.63) is 63.6 Å². The molecule has 28 heavy (non-hydrogen) atoms. The largest absolute Gasteiger partial charge is 0.474 e. The van der Waals surface area contributed by atoms with E-state index in [1.165, 1.54) is 6.07 Å². The molecule has 0 aliphatic heterocycles. The maximum Gasteiger partial charge on any atom is 0.416 e. The fourth-order valence-electron chi connectivity index (χ4n) is 2.58. The summed E-state index contributed by atoms with van der Waals surface area (Å²) < 4.78 is 39.4. The molecular weight excluding hydrogens is 439 g/mol. The minimum atomic E-state index is -4.63. The Morgan fingerprint density at radius 3 is 2.04 bits per heavy atom. The van der Waals surface area contributed by atoms with Crippen LogP contribution in [0.15, 0.2) is 46.9 Å². The number of benzene rings is 2. The minimum Gasteiger partial charge on any atom is -0.474 e. The van der Waals surface area contributed by atoms with Crippen LogP contribution in [0.4, 0.5) is 18.9 Å². The van der Waals surface area contributed by atoms with Crippen LogP contribution in [0.1, 0.15) is 37.5 Å². The van der Waals surface area contributed by atoms with E-state index in [2.05, 4.69) is 15.9 Å². The van der Waals surface area contributed by atoms with E-state index in [9.17, 15) is 22.8 Å². The summed E-state index contributed by atoms with van der Waals surface area (Å²) in [5.41, 5.74) is 0.392. The lowest BCUT2D eigenvalue weighted by Gasteiger charge is -2.24. The highest BCUT2D eigenvalue weighted by atomic mass is 79.9. The van der Waals surface area contributed by atoms with Gasteiger partial charge >= 0.3 is 18.1 Å². The van der Waals surface area contributed by atoms with Crippen molar-refractivity contribution in [1.29, 1.82) is 0 Å². The second-order valence-electron chi connectivity index (χ2n) is 7.34. The Hall–Kier alpha value is -2.35. The third kappa shape index (κ3) is 5.34. The van der Waals surface area contributed by atoms with Crippen LogP contribution in [0.25, 0.3) is 0 Å². The third-order valence-electron chi connectivity index (χ3n) is 4.11. The number of rotatable bonds is 3. The third-order valence-corrected chi connectivity index (χ3v) is 4.57. The van der Waals surface area contributed by atoms with Gasteiger partial charge in [0.15, 0.2) is 0 Å². The highest BCUT2D eigenvalue weighted by Gasteiger charge is 2.33. The quantitative estimate of drug-likeness (QED) is 0.629. The number of hydrogen-bond donors (Lipinski definition) is 1. The molecular formula is C20H19BrF3NO3. The first-order valence-electron chi connectivity index (χ1n) is 8.31. The van der Waals surface area contributed by atoms with Crippen molar-refractivity contribution in [2.45, 2.75) is 38.9 Å². The normalized spacial score (nSPS) is 12.0. The highest BCUT2D eigenvalue weighted by Crippen LogP contribution is 2.35. The number of anilines is 1.